The third kappa shape index (κ3) is 5.46. The average molecular weight is 376 g/mol. The Morgan fingerprint density at radius 1 is 1.08 bits per heavy atom. The average Bonchev–Trinajstić information content (AvgIpc) is 2.65. The predicted molar refractivity (Wildman–Crippen MR) is 103 cm³/mol. The Hall–Kier alpha value is -2.08. The third-order valence-corrected chi connectivity index (χ3v) is 5.05. The number of hydrogen-bond donors (Lipinski definition) is 3. The smallest absolute Gasteiger partial charge is 0.279 e. The maximum absolute atomic E-state index is 12.3. The first-order valence-corrected chi connectivity index (χ1v) is 9.35. The van der Waals surface area contributed by atoms with E-state index >= 15 is 0 Å². The minimum absolute atomic E-state index is 0.0504. The van der Waals surface area contributed by atoms with E-state index in [4.69, 9.17) is 16.3 Å². The number of methoxy groups -OCH3 is 1. The van der Waals surface area contributed by atoms with Crippen LogP contribution in [0.4, 0.5) is 5.69 Å². The number of ether oxygens (including phenoxy) is 1. The number of carbonyl (C=O) groups excluding carboxylic acids is 1. The van der Waals surface area contributed by atoms with Crippen LogP contribution < -0.4 is 19.9 Å². The lowest BCUT2D eigenvalue weighted by Gasteiger charge is -2.29. The molecule has 1 heterocycles. The van der Waals surface area contributed by atoms with Gasteiger partial charge in [-0.15, -0.1) is 0 Å². The van der Waals surface area contributed by atoms with Gasteiger partial charge in [0.15, 0.2) is 6.54 Å². The summed E-state index contributed by atoms with van der Waals surface area (Å²) < 4.78 is 5.19. The van der Waals surface area contributed by atoms with Gasteiger partial charge in [-0.3, -0.25) is 4.79 Å². The molecule has 0 aromatic heterocycles. The van der Waals surface area contributed by atoms with Gasteiger partial charge in [0, 0.05) is 22.3 Å². The van der Waals surface area contributed by atoms with Crippen LogP contribution in [0, 0.1) is 0 Å². The van der Waals surface area contributed by atoms with E-state index < -0.39 is 0 Å². The lowest BCUT2D eigenvalue weighted by atomic mass is 10.2. The van der Waals surface area contributed by atoms with Gasteiger partial charge in [-0.1, -0.05) is 29.8 Å². The van der Waals surface area contributed by atoms with Crippen LogP contribution in [0.3, 0.4) is 0 Å². The summed E-state index contributed by atoms with van der Waals surface area (Å²) in [5.41, 5.74) is 2.09. The predicted octanol–water partition coefficient (Wildman–Crippen LogP) is 0.271. The van der Waals surface area contributed by atoms with Crippen LogP contribution in [0.1, 0.15) is 5.56 Å². The van der Waals surface area contributed by atoms with Crippen LogP contribution in [0.25, 0.3) is 0 Å². The minimum Gasteiger partial charge on any atom is -0.497 e. The Morgan fingerprint density at radius 3 is 2.46 bits per heavy atom. The summed E-state index contributed by atoms with van der Waals surface area (Å²) in [5, 5.41) is 3.74. The molecule has 2 aromatic rings. The molecule has 1 saturated heterocycles. The number of benzene rings is 2. The molecule has 0 saturated carbocycles. The number of halogens is 1. The first-order valence-electron chi connectivity index (χ1n) is 8.98. The van der Waals surface area contributed by atoms with Crippen molar-refractivity contribution < 1.29 is 19.3 Å². The van der Waals surface area contributed by atoms with Crippen LogP contribution in [0.2, 0.25) is 5.02 Å². The molecule has 0 atom stereocenters. The number of nitrogens with one attached hydrogen (secondary N) is 3. The van der Waals surface area contributed by atoms with Crippen molar-refractivity contribution in [2.45, 2.75) is 6.54 Å². The lowest BCUT2D eigenvalue weighted by Crippen LogP contribution is -3.28. The van der Waals surface area contributed by atoms with Gasteiger partial charge in [-0.2, -0.15) is 0 Å². The molecule has 26 heavy (non-hydrogen) atoms. The Kier molecular flexibility index (Phi) is 6.50. The number of carbonyl (C=O) groups is 1. The van der Waals surface area contributed by atoms with E-state index in [1.165, 1.54) is 10.5 Å². The molecule has 5 nitrogen and oxygen atoms in total. The SMILES string of the molecule is COc1cccc(NC(=O)C[NH+]2CC[NH+](Cc3ccc(Cl)cc3)CC2)c1. The molecule has 0 bridgehead atoms. The third-order valence-electron chi connectivity index (χ3n) is 4.80. The second-order valence-electron chi connectivity index (χ2n) is 6.76. The minimum atomic E-state index is 0.0504. The summed E-state index contributed by atoms with van der Waals surface area (Å²) in [6, 6.07) is 15.5. The summed E-state index contributed by atoms with van der Waals surface area (Å²) >= 11 is 5.94. The van der Waals surface area contributed by atoms with Crippen molar-refractivity contribution in [3.8, 4) is 5.75 Å². The second kappa shape index (κ2) is 9.03. The highest BCUT2D eigenvalue weighted by atomic mass is 35.5. The van der Waals surface area contributed by atoms with Gasteiger partial charge in [-0.25, -0.2) is 0 Å². The Morgan fingerprint density at radius 2 is 1.77 bits per heavy atom. The largest absolute Gasteiger partial charge is 0.497 e. The van der Waals surface area contributed by atoms with Crippen LogP contribution >= 0.6 is 11.6 Å². The molecule has 6 heteroatoms. The number of rotatable bonds is 6. The normalized spacial score (nSPS) is 19.8. The highest BCUT2D eigenvalue weighted by Crippen LogP contribution is 2.16. The molecule has 2 aromatic carbocycles. The van der Waals surface area contributed by atoms with E-state index in [0.29, 0.717) is 6.54 Å². The molecule has 1 aliphatic rings. The molecular formula is C20H26ClN3O2+2. The lowest BCUT2D eigenvalue weighted by molar-refractivity contribution is -1.02. The number of amides is 1. The van der Waals surface area contributed by atoms with Crippen LogP contribution in [0.15, 0.2) is 48.5 Å². The summed E-state index contributed by atoms with van der Waals surface area (Å²) in [6.07, 6.45) is 0. The number of hydrogen-bond acceptors (Lipinski definition) is 2. The zero-order valence-electron chi connectivity index (χ0n) is 15.1. The highest BCUT2D eigenvalue weighted by Gasteiger charge is 2.24. The molecule has 1 aliphatic heterocycles. The topological polar surface area (TPSA) is 47.2 Å². The summed E-state index contributed by atoms with van der Waals surface area (Å²) in [5.74, 6) is 0.795. The van der Waals surface area contributed by atoms with Crippen molar-refractivity contribution in [2.75, 3.05) is 45.2 Å². The first kappa shape index (κ1) is 18.7. The van der Waals surface area contributed by atoms with Crippen molar-refractivity contribution in [1.29, 1.82) is 0 Å². The Balaban J connectivity index is 1.43. The van der Waals surface area contributed by atoms with E-state index in [2.05, 4.69) is 17.4 Å². The van der Waals surface area contributed by atoms with E-state index in [-0.39, 0.29) is 5.91 Å². The van der Waals surface area contributed by atoms with Gasteiger partial charge >= 0.3 is 0 Å². The monoisotopic (exact) mass is 375 g/mol. The van der Waals surface area contributed by atoms with E-state index in [0.717, 1.165) is 49.2 Å². The van der Waals surface area contributed by atoms with Crippen molar-refractivity contribution >= 4 is 23.2 Å². The van der Waals surface area contributed by atoms with Crippen molar-refractivity contribution in [3.63, 3.8) is 0 Å². The fourth-order valence-corrected chi connectivity index (χ4v) is 3.46. The van der Waals surface area contributed by atoms with Gasteiger partial charge in [0.25, 0.3) is 5.91 Å². The molecule has 0 radical (unpaired) electrons. The van der Waals surface area contributed by atoms with Gasteiger partial charge in [0.05, 0.1) is 7.11 Å². The van der Waals surface area contributed by atoms with Crippen molar-refractivity contribution in [1.82, 2.24) is 0 Å². The van der Waals surface area contributed by atoms with Crippen molar-refractivity contribution in [3.05, 3.63) is 59.1 Å². The molecule has 3 rings (SSSR count). The van der Waals surface area contributed by atoms with Gasteiger partial charge < -0.3 is 19.9 Å². The molecule has 3 N–H and O–H groups in total. The van der Waals surface area contributed by atoms with Crippen LogP contribution in [-0.4, -0.2) is 45.7 Å². The highest BCUT2D eigenvalue weighted by molar-refractivity contribution is 6.30. The van der Waals surface area contributed by atoms with Crippen molar-refractivity contribution in [2.24, 2.45) is 0 Å². The fraction of sp³-hybridized carbons (Fsp3) is 0.350. The number of quaternary nitrogens is 2. The van der Waals surface area contributed by atoms with Gasteiger partial charge in [0.1, 0.15) is 38.5 Å². The molecule has 1 fully saturated rings. The first-order chi connectivity index (χ1) is 12.6. The fourth-order valence-electron chi connectivity index (χ4n) is 3.33. The zero-order valence-corrected chi connectivity index (χ0v) is 15.8. The van der Waals surface area contributed by atoms with E-state index in [9.17, 15) is 4.79 Å². The molecule has 0 spiro atoms. The van der Waals surface area contributed by atoms with E-state index in [1.54, 1.807) is 12.0 Å². The van der Waals surface area contributed by atoms with Gasteiger partial charge in [-0.05, 0) is 24.3 Å². The Bertz CT molecular complexity index is 728. The van der Waals surface area contributed by atoms with Crippen LogP contribution in [-0.2, 0) is 11.3 Å². The maximum atomic E-state index is 12.3. The molecule has 138 valence electrons. The number of anilines is 1. The molecule has 0 aliphatic carbocycles. The molecular weight excluding hydrogens is 350 g/mol. The van der Waals surface area contributed by atoms with E-state index in [1.807, 2.05) is 36.4 Å². The summed E-state index contributed by atoms with van der Waals surface area (Å²) in [4.78, 5) is 15.2. The summed E-state index contributed by atoms with van der Waals surface area (Å²) in [6.45, 7) is 5.68. The quantitative estimate of drug-likeness (QED) is 0.679. The van der Waals surface area contributed by atoms with Gasteiger partial charge in [0.2, 0.25) is 0 Å². The number of piperazine rings is 1. The Labute approximate surface area is 159 Å². The zero-order chi connectivity index (χ0) is 18.4. The maximum Gasteiger partial charge on any atom is 0.279 e. The standard InChI is InChI=1S/C20H24ClN3O2/c1-26-19-4-2-3-18(13-19)22-20(25)15-24-11-9-23(10-12-24)14-16-5-7-17(21)8-6-16/h2-8,13H,9-12,14-15H2,1H3,(H,22,25)/p+2. The molecule has 1 amide bonds. The molecule has 0 unspecified atom stereocenters. The second-order valence-corrected chi connectivity index (χ2v) is 7.20. The van der Waals surface area contributed by atoms with Crippen LogP contribution in [0.5, 0.6) is 5.75 Å². The summed E-state index contributed by atoms with van der Waals surface area (Å²) in [7, 11) is 1.62.